The minimum atomic E-state index is -0.455. The first-order valence-corrected chi connectivity index (χ1v) is 11.8. The van der Waals surface area contributed by atoms with Gasteiger partial charge in [-0.1, -0.05) is 121 Å². The number of unbranched alkanes of at least 4 members (excludes halogenated alkanes) is 12. The molecule has 0 saturated heterocycles. The van der Waals surface area contributed by atoms with Crippen molar-refractivity contribution >= 4 is 0 Å². The predicted octanol–water partition coefficient (Wildman–Crippen LogP) is 6.37. The van der Waals surface area contributed by atoms with Gasteiger partial charge in [-0.25, -0.2) is 0 Å². The molecular weight excluding hydrogens is 346 g/mol. The van der Waals surface area contributed by atoms with Crippen LogP contribution >= 0.6 is 0 Å². The fraction of sp³-hybridized carbons (Fsp3) is 0.760. The third kappa shape index (κ3) is 14.1. The highest BCUT2D eigenvalue weighted by atomic mass is 16.5. The predicted molar refractivity (Wildman–Crippen MR) is 120 cm³/mol. The van der Waals surface area contributed by atoms with Crippen molar-refractivity contribution in [2.75, 3.05) is 6.61 Å². The number of benzene rings is 1. The summed E-state index contributed by atoms with van der Waals surface area (Å²) in [6, 6.07) is 9.78. The van der Waals surface area contributed by atoms with Crippen LogP contribution < -0.4 is 5.73 Å². The van der Waals surface area contributed by atoms with Crippen LogP contribution in [-0.2, 0) is 11.3 Å². The Labute approximate surface area is 174 Å². The van der Waals surface area contributed by atoms with Crippen molar-refractivity contribution < 1.29 is 9.84 Å². The molecule has 1 rings (SSSR count). The molecule has 0 amide bonds. The van der Waals surface area contributed by atoms with Crippen molar-refractivity contribution in [1.82, 2.24) is 0 Å². The second kappa shape index (κ2) is 18.1. The molecule has 0 spiro atoms. The van der Waals surface area contributed by atoms with Crippen LogP contribution in [0.25, 0.3) is 0 Å². The van der Waals surface area contributed by atoms with Gasteiger partial charge in [0.2, 0.25) is 0 Å². The molecular formula is C25H45NO2. The second-order valence-electron chi connectivity index (χ2n) is 8.26. The molecule has 1 aromatic rings. The van der Waals surface area contributed by atoms with Crippen LogP contribution in [0.1, 0.15) is 102 Å². The molecule has 1 aromatic carbocycles. The zero-order valence-electron chi connectivity index (χ0n) is 18.3. The summed E-state index contributed by atoms with van der Waals surface area (Å²) in [7, 11) is 0. The average Bonchev–Trinajstić information content (AvgIpc) is 2.72. The highest BCUT2D eigenvalue weighted by Crippen LogP contribution is 2.14. The van der Waals surface area contributed by atoms with Gasteiger partial charge >= 0.3 is 0 Å². The highest BCUT2D eigenvalue weighted by Gasteiger charge is 2.14. The van der Waals surface area contributed by atoms with E-state index >= 15 is 0 Å². The molecule has 0 heterocycles. The number of hydrogen-bond donors (Lipinski definition) is 2. The Morgan fingerprint density at radius 3 is 1.82 bits per heavy atom. The van der Waals surface area contributed by atoms with Gasteiger partial charge < -0.3 is 15.6 Å². The van der Waals surface area contributed by atoms with Crippen LogP contribution in [0.5, 0.6) is 0 Å². The fourth-order valence-corrected chi connectivity index (χ4v) is 3.58. The molecule has 0 saturated carbocycles. The topological polar surface area (TPSA) is 55.5 Å². The standard InChI is InChI=1S/C25H45NO2/c1-2-3-4-5-6-7-8-9-10-11-12-13-17-20-25(27)24(26)22-28-21-23-18-15-14-16-19-23/h14-16,18-19,24-25,27H,2-13,17,20-22,26H2,1H3/t24-,25+/m0/s1. The lowest BCUT2D eigenvalue weighted by atomic mass is 10.0. The summed E-state index contributed by atoms with van der Waals surface area (Å²) in [5.41, 5.74) is 7.19. The van der Waals surface area contributed by atoms with Crippen molar-refractivity contribution in [2.45, 2.75) is 116 Å². The van der Waals surface area contributed by atoms with Gasteiger partial charge in [0.05, 0.1) is 25.4 Å². The Balaban J connectivity index is 1.86. The average molecular weight is 392 g/mol. The molecule has 3 heteroatoms. The fourth-order valence-electron chi connectivity index (χ4n) is 3.58. The van der Waals surface area contributed by atoms with Crippen LogP contribution in [0.15, 0.2) is 30.3 Å². The van der Waals surface area contributed by atoms with Crippen molar-refractivity contribution in [3.05, 3.63) is 35.9 Å². The van der Waals surface area contributed by atoms with Gasteiger partial charge in [-0.15, -0.1) is 0 Å². The Morgan fingerprint density at radius 2 is 1.29 bits per heavy atom. The molecule has 0 aliphatic heterocycles. The van der Waals surface area contributed by atoms with E-state index in [2.05, 4.69) is 6.92 Å². The van der Waals surface area contributed by atoms with E-state index in [9.17, 15) is 5.11 Å². The lowest BCUT2D eigenvalue weighted by Crippen LogP contribution is -2.38. The highest BCUT2D eigenvalue weighted by molar-refractivity contribution is 5.13. The zero-order valence-corrected chi connectivity index (χ0v) is 18.3. The zero-order chi connectivity index (χ0) is 20.3. The lowest BCUT2D eigenvalue weighted by Gasteiger charge is -2.19. The molecule has 0 bridgehead atoms. The number of rotatable bonds is 19. The molecule has 3 N–H and O–H groups in total. The molecule has 0 unspecified atom stereocenters. The molecule has 162 valence electrons. The van der Waals surface area contributed by atoms with E-state index in [1.165, 1.54) is 77.0 Å². The minimum Gasteiger partial charge on any atom is -0.391 e. The molecule has 0 aliphatic rings. The first-order chi connectivity index (χ1) is 13.7. The summed E-state index contributed by atoms with van der Waals surface area (Å²) in [5.74, 6) is 0. The summed E-state index contributed by atoms with van der Waals surface area (Å²) in [4.78, 5) is 0. The molecule has 0 fully saturated rings. The molecule has 2 atom stereocenters. The molecule has 0 aliphatic carbocycles. The minimum absolute atomic E-state index is 0.291. The van der Waals surface area contributed by atoms with Crippen LogP contribution in [0.3, 0.4) is 0 Å². The van der Waals surface area contributed by atoms with E-state index in [-0.39, 0.29) is 6.04 Å². The van der Waals surface area contributed by atoms with Gasteiger partial charge in [0.25, 0.3) is 0 Å². The number of aliphatic hydroxyl groups is 1. The maximum absolute atomic E-state index is 10.2. The first kappa shape index (κ1) is 25.1. The molecule has 0 radical (unpaired) electrons. The SMILES string of the molecule is CCCCCCCCCCCCCCC[C@@H](O)[C@@H](N)COCc1ccccc1. The van der Waals surface area contributed by atoms with Crippen LogP contribution in [0, 0.1) is 0 Å². The second-order valence-corrected chi connectivity index (χ2v) is 8.26. The van der Waals surface area contributed by atoms with E-state index in [0.717, 1.165) is 18.4 Å². The Hall–Kier alpha value is -0.900. The third-order valence-corrected chi connectivity index (χ3v) is 5.52. The van der Waals surface area contributed by atoms with Crippen molar-refractivity contribution in [1.29, 1.82) is 0 Å². The van der Waals surface area contributed by atoms with Crippen LogP contribution in [-0.4, -0.2) is 23.9 Å². The van der Waals surface area contributed by atoms with E-state index < -0.39 is 6.10 Å². The van der Waals surface area contributed by atoms with E-state index in [0.29, 0.717) is 13.2 Å². The van der Waals surface area contributed by atoms with Gasteiger partial charge in [0, 0.05) is 0 Å². The number of aliphatic hydroxyl groups excluding tert-OH is 1. The monoisotopic (exact) mass is 391 g/mol. The molecule has 28 heavy (non-hydrogen) atoms. The summed E-state index contributed by atoms with van der Waals surface area (Å²) in [6.45, 7) is 3.24. The Kier molecular flexibility index (Phi) is 16.3. The largest absolute Gasteiger partial charge is 0.391 e. The maximum atomic E-state index is 10.2. The number of nitrogens with two attached hydrogens (primary N) is 1. The van der Waals surface area contributed by atoms with E-state index in [1.54, 1.807) is 0 Å². The Morgan fingerprint density at radius 1 is 0.786 bits per heavy atom. The lowest BCUT2D eigenvalue weighted by molar-refractivity contribution is 0.0504. The van der Waals surface area contributed by atoms with E-state index in [1.807, 2.05) is 30.3 Å². The summed E-state index contributed by atoms with van der Waals surface area (Å²) >= 11 is 0. The van der Waals surface area contributed by atoms with Gasteiger partial charge in [0.1, 0.15) is 0 Å². The first-order valence-electron chi connectivity index (χ1n) is 11.8. The van der Waals surface area contributed by atoms with Crippen molar-refractivity contribution in [3.8, 4) is 0 Å². The number of hydrogen-bond acceptors (Lipinski definition) is 3. The third-order valence-electron chi connectivity index (χ3n) is 5.52. The molecule has 0 aromatic heterocycles. The summed E-state index contributed by atoms with van der Waals surface area (Å²) in [6.07, 6.45) is 17.8. The van der Waals surface area contributed by atoms with Gasteiger partial charge in [-0.2, -0.15) is 0 Å². The van der Waals surface area contributed by atoms with Crippen molar-refractivity contribution in [2.24, 2.45) is 5.73 Å². The normalized spacial score (nSPS) is 13.5. The maximum Gasteiger partial charge on any atom is 0.0717 e. The van der Waals surface area contributed by atoms with Crippen LogP contribution in [0.2, 0.25) is 0 Å². The quantitative estimate of drug-likeness (QED) is 0.269. The smallest absolute Gasteiger partial charge is 0.0717 e. The number of ether oxygens (including phenoxy) is 1. The Bertz CT molecular complexity index is 437. The molecule has 3 nitrogen and oxygen atoms in total. The summed E-state index contributed by atoms with van der Waals surface area (Å²) < 4.78 is 5.64. The van der Waals surface area contributed by atoms with E-state index in [4.69, 9.17) is 10.5 Å². The van der Waals surface area contributed by atoms with Gasteiger partial charge in [-0.3, -0.25) is 0 Å². The van der Waals surface area contributed by atoms with Crippen molar-refractivity contribution in [3.63, 3.8) is 0 Å². The van der Waals surface area contributed by atoms with Crippen LogP contribution in [0.4, 0.5) is 0 Å². The van der Waals surface area contributed by atoms with Gasteiger partial charge in [0.15, 0.2) is 0 Å². The summed E-state index contributed by atoms with van der Waals surface area (Å²) in [5, 5.41) is 10.2. The van der Waals surface area contributed by atoms with Gasteiger partial charge in [-0.05, 0) is 12.0 Å².